The van der Waals surface area contributed by atoms with Crippen LogP contribution in [0.1, 0.15) is 16.9 Å². The lowest BCUT2D eigenvalue weighted by atomic mass is 10.3. The number of aromatic nitrogens is 3. The summed E-state index contributed by atoms with van der Waals surface area (Å²) in [5, 5.41) is 0.469. The molecule has 0 unspecified atom stereocenters. The molecule has 0 aliphatic carbocycles. The molecule has 21 heavy (non-hydrogen) atoms. The van der Waals surface area contributed by atoms with Crippen molar-refractivity contribution in [2.45, 2.75) is 12.5 Å². The number of hydrogen-bond donors (Lipinski definition) is 0. The van der Waals surface area contributed by atoms with Crippen LogP contribution in [0.2, 0.25) is 5.02 Å². The van der Waals surface area contributed by atoms with Gasteiger partial charge >= 0.3 is 0 Å². The number of rotatable bonds is 3. The van der Waals surface area contributed by atoms with Gasteiger partial charge in [-0.05, 0) is 0 Å². The van der Waals surface area contributed by atoms with Gasteiger partial charge in [-0.15, -0.1) is 0 Å². The van der Waals surface area contributed by atoms with E-state index in [2.05, 4.69) is 15.0 Å². The molecule has 6 nitrogen and oxygen atoms in total. The molecule has 1 fully saturated rings. The van der Waals surface area contributed by atoms with Crippen molar-refractivity contribution in [1.29, 1.82) is 0 Å². The molecule has 3 rings (SSSR count). The standard InChI is InChI=1S/C14H13ClN4O2/c15-11-7-16-3-1-13(11)21-10-2-6-19(9-10)14(20)12-8-17-4-5-18-12/h1,3-5,7-8,10H,2,6,9H2/t10-/m0/s1. The summed E-state index contributed by atoms with van der Waals surface area (Å²) in [5.41, 5.74) is 0.347. The molecule has 2 aromatic rings. The van der Waals surface area contributed by atoms with E-state index < -0.39 is 0 Å². The Bertz CT molecular complexity index is 638. The van der Waals surface area contributed by atoms with Gasteiger partial charge in [-0.3, -0.25) is 14.8 Å². The molecule has 1 aliphatic rings. The number of carbonyl (C=O) groups excluding carboxylic acids is 1. The van der Waals surface area contributed by atoms with Gasteiger partial charge in [-0.2, -0.15) is 0 Å². The van der Waals surface area contributed by atoms with Gasteiger partial charge in [0.05, 0.1) is 12.7 Å². The maximum atomic E-state index is 12.2. The molecule has 0 radical (unpaired) electrons. The fourth-order valence-corrected chi connectivity index (χ4v) is 2.38. The van der Waals surface area contributed by atoms with E-state index in [1.54, 1.807) is 17.2 Å². The van der Waals surface area contributed by atoms with Crippen LogP contribution >= 0.6 is 11.6 Å². The first-order chi connectivity index (χ1) is 10.2. The number of nitrogens with zero attached hydrogens (tertiary/aromatic N) is 4. The zero-order valence-corrected chi connectivity index (χ0v) is 11.9. The van der Waals surface area contributed by atoms with Gasteiger partial charge in [-0.1, -0.05) is 11.6 Å². The minimum atomic E-state index is -0.130. The van der Waals surface area contributed by atoms with Crippen molar-refractivity contribution >= 4 is 17.5 Å². The molecule has 0 spiro atoms. The molecule has 0 bridgehead atoms. The normalized spacial score (nSPS) is 17.8. The first-order valence-electron chi connectivity index (χ1n) is 6.55. The highest BCUT2D eigenvalue weighted by molar-refractivity contribution is 6.31. The van der Waals surface area contributed by atoms with Crippen LogP contribution in [0, 0.1) is 0 Å². The lowest BCUT2D eigenvalue weighted by Gasteiger charge is -2.17. The van der Waals surface area contributed by atoms with Crippen molar-refractivity contribution in [3.63, 3.8) is 0 Å². The third kappa shape index (κ3) is 3.11. The topological polar surface area (TPSA) is 68.2 Å². The average molecular weight is 305 g/mol. The number of pyridine rings is 1. The van der Waals surface area contributed by atoms with Crippen LogP contribution in [0.25, 0.3) is 0 Å². The summed E-state index contributed by atoms with van der Waals surface area (Å²) in [6.07, 6.45) is 8.35. The molecule has 108 valence electrons. The quantitative estimate of drug-likeness (QED) is 0.865. The van der Waals surface area contributed by atoms with Gasteiger partial charge in [0.2, 0.25) is 0 Å². The molecule has 1 aliphatic heterocycles. The summed E-state index contributed by atoms with van der Waals surface area (Å²) in [4.78, 5) is 25.8. The van der Waals surface area contributed by atoms with Crippen LogP contribution in [0.4, 0.5) is 0 Å². The van der Waals surface area contributed by atoms with E-state index in [4.69, 9.17) is 16.3 Å². The van der Waals surface area contributed by atoms with Gasteiger partial charge in [0.1, 0.15) is 22.6 Å². The van der Waals surface area contributed by atoms with Gasteiger partial charge < -0.3 is 9.64 Å². The van der Waals surface area contributed by atoms with E-state index in [1.807, 2.05) is 0 Å². The highest BCUT2D eigenvalue weighted by Gasteiger charge is 2.29. The minimum Gasteiger partial charge on any atom is -0.487 e. The van der Waals surface area contributed by atoms with E-state index in [9.17, 15) is 4.79 Å². The fraction of sp³-hybridized carbons (Fsp3) is 0.286. The lowest BCUT2D eigenvalue weighted by Crippen LogP contribution is -2.31. The van der Waals surface area contributed by atoms with Gasteiger partial charge in [0, 0.05) is 43.8 Å². The third-order valence-corrected chi connectivity index (χ3v) is 3.53. The molecular formula is C14H13ClN4O2. The Morgan fingerprint density at radius 3 is 2.90 bits per heavy atom. The molecular weight excluding hydrogens is 292 g/mol. The zero-order valence-electron chi connectivity index (χ0n) is 11.1. The predicted molar refractivity (Wildman–Crippen MR) is 76.2 cm³/mol. The largest absolute Gasteiger partial charge is 0.487 e. The van der Waals surface area contributed by atoms with Crippen LogP contribution in [-0.2, 0) is 0 Å². The first kappa shape index (κ1) is 13.8. The number of carbonyl (C=O) groups is 1. The monoisotopic (exact) mass is 304 g/mol. The van der Waals surface area contributed by atoms with E-state index >= 15 is 0 Å². The van der Waals surface area contributed by atoms with Crippen molar-refractivity contribution in [3.8, 4) is 5.75 Å². The van der Waals surface area contributed by atoms with E-state index in [0.29, 0.717) is 29.6 Å². The highest BCUT2D eigenvalue weighted by atomic mass is 35.5. The van der Waals surface area contributed by atoms with Crippen LogP contribution < -0.4 is 4.74 Å². The maximum Gasteiger partial charge on any atom is 0.274 e. The van der Waals surface area contributed by atoms with Crippen molar-refractivity contribution in [3.05, 3.63) is 47.8 Å². The Labute approximate surface area is 126 Å². The number of ether oxygens (including phenoxy) is 1. The molecule has 1 saturated heterocycles. The molecule has 1 amide bonds. The van der Waals surface area contributed by atoms with Crippen molar-refractivity contribution in [2.75, 3.05) is 13.1 Å². The van der Waals surface area contributed by atoms with Crippen LogP contribution in [-0.4, -0.2) is 45.0 Å². The van der Waals surface area contributed by atoms with Crippen LogP contribution in [0.3, 0.4) is 0 Å². The lowest BCUT2D eigenvalue weighted by molar-refractivity contribution is 0.0766. The molecule has 7 heteroatoms. The number of halogens is 1. The zero-order chi connectivity index (χ0) is 14.7. The Morgan fingerprint density at radius 2 is 2.14 bits per heavy atom. The van der Waals surface area contributed by atoms with Crippen LogP contribution in [0.15, 0.2) is 37.1 Å². The third-order valence-electron chi connectivity index (χ3n) is 3.24. The summed E-state index contributed by atoms with van der Waals surface area (Å²) in [6.45, 7) is 1.14. The first-order valence-corrected chi connectivity index (χ1v) is 6.93. The summed E-state index contributed by atoms with van der Waals surface area (Å²) in [6, 6.07) is 1.72. The Balaban J connectivity index is 1.63. The fourth-order valence-electron chi connectivity index (χ4n) is 2.22. The molecule has 0 N–H and O–H groups in total. The second-order valence-electron chi connectivity index (χ2n) is 4.68. The Morgan fingerprint density at radius 1 is 1.29 bits per heavy atom. The maximum absolute atomic E-state index is 12.2. The van der Waals surface area contributed by atoms with Gasteiger partial charge in [-0.25, -0.2) is 4.98 Å². The summed E-state index contributed by atoms with van der Waals surface area (Å²) >= 11 is 6.01. The number of likely N-dealkylation sites (tertiary alicyclic amines) is 1. The van der Waals surface area contributed by atoms with Crippen molar-refractivity contribution in [1.82, 2.24) is 19.9 Å². The molecule has 2 aromatic heterocycles. The smallest absolute Gasteiger partial charge is 0.274 e. The van der Waals surface area contributed by atoms with Crippen molar-refractivity contribution in [2.24, 2.45) is 0 Å². The van der Waals surface area contributed by atoms with Gasteiger partial charge in [0.15, 0.2) is 0 Å². The van der Waals surface area contributed by atoms with Gasteiger partial charge in [0.25, 0.3) is 5.91 Å². The Hall–Kier alpha value is -2.21. The second-order valence-corrected chi connectivity index (χ2v) is 5.08. The Kier molecular flexibility index (Phi) is 3.96. The SMILES string of the molecule is O=C(c1cnccn1)N1CC[C@H](Oc2ccncc2Cl)C1. The minimum absolute atomic E-state index is 0.0782. The van der Waals surface area contributed by atoms with Crippen LogP contribution in [0.5, 0.6) is 5.75 Å². The van der Waals surface area contributed by atoms with E-state index in [-0.39, 0.29) is 12.0 Å². The summed E-state index contributed by atoms with van der Waals surface area (Å²) in [7, 11) is 0. The number of hydrogen-bond acceptors (Lipinski definition) is 5. The second kappa shape index (κ2) is 6.05. The van der Waals surface area contributed by atoms with E-state index in [1.165, 1.54) is 24.8 Å². The molecule has 3 heterocycles. The summed E-state index contributed by atoms with van der Waals surface area (Å²) in [5.74, 6) is 0.459. The van der Waals surface area contributed by atoms with E-state index in [0.717, 1.165) is 6.42 Å². The highest BCUT2D eigenvalue weighted by Crippen LogP contribution is 2.25. The predicted octanol–water partition coefficient (Wildman–Crippen LogP) is 1.82. The van der Waals surface area contributed by atoms with Crippen molar-refractivity contribution < 1.29 is 9.53 Å². The average Bonchev–Trinajstić information content (AvgIpc) is 2.98. The number of amides is 1. The molecule has 0 aromatic carbocycles. The summed E-state index contributed by atoms with van der Waals surface area (Å²) < 4.78 is 5.82. The molecule has 1 atom stereocenters. The molecule has 0 saturated carbocycles.